The summed E-state index contributed by atoms with van der Waals surface area (Å²) in [7, 11) is 0. The van der Waals surface area contributed by atoms with Gasteiger partial charge in [-0.1, -0.05) is 31.9 Å². The number of anilines is 1. The summed E-state index contributed by atoms with van der Waals surface area (Å²) < 4.78 is 6.08. The number of rotatable bonds is 5. The maximum atomic E-state index is 12.2. The molecule has 1 heterocycles. The van der Waals surface area contributed by atoms with E-state index in [0.29, 0.717) is 12.7 Å². The molecule has 3 unspecified atom stereocenters. The van der Waals surface area contributed by atoms with Crippen LogP contribution in [0.1, 0.15) is 44.6 Å². The van der Waals surface area contributed by atoms with Crippen molar-refractivity contribution >= 4 is 11.6 Å². The summed E-state index contributed by atoms with van der Waals surface area (Å²) in [6, 6.07) is 8.04. The number of ether oxygens (including phenoxy) is 1. The summed E-state index contributed by atoms with van der Waals surface area (Å²) in [5.74, 6) is 0.993. The SMILES string of the molecule is CC1CCCC(OCc2cccc(NC(=O)C3CCNC3)c2)C1. The van der Waals surface area contributed by atoms with E-state index >= 15 is 0 Å². The smallest absolute Gasteiger partial charge is 0.228 e. The zero-order valence-corrected chi connectivity index (χ0v) is 14.0. The third-order valence-corrected chi connectivity index (χ3v) is 5.00. The summed E-state index contributed by atoms with van der Waals surface area (Å²) in [5.41, 5.74) is 2.01. The molecule has 4 heteroatoms. The predicted molar refractivity (Wildman–Crippen MR) is 92.3 cm³/mol. The standard InChI is InChI=1S/C19H28N2O2/c1-14-4-2-7-18(10-14)23-13-15-5-3-6-17(11-15)21-19(22)16-8-9-20-12-16/h3,5-6,11,14,16,18,20H,2,4,7-10,12-13H2,1H3,(H,21,22). The summed E-state index contributed by atoms with van der Waals surface area (Å²) in [6.45, 7) is 4.66. The van der Waals surface area contributed by atoms with Crippen molar-refractivity contribution in [3.8, 4) is 0 Å². The van der Waals surface area contributed by atoms with Gasteiger partial charge in [0.25, 0.3) is 0 Å². The predicted octanol–water partition coefficient (Wildman–Crippen LogP) is 3.33. The lowest BCUT2D eigenvalue weighted by atomic mass is 9.89. The van der Waals surface area contributed by atoms with E-state index in [4.69, 9.17) is 4.74 Å². The van der Waals surface area contributed by atoms with Crippen LogP contribution in [0.5, 0.6) is 0 Å². The van der Waals surface area contributed by atoms with Crippen LogP contribution in [-0.2, 0) is 16.1 Å². The Balaban J connectivity index is 1.51. The summed E-state index contributed by atoms with van der Waals surface area (Å²) in [5, 5.41) is 6.26. The molecule has 1 amide bonds. The molecule has 0 radical (unpaired) electrons. The first kappa shape index (κ1) is 16.5. The number of hydrogen-bond acceptors (Lipinski definition) is 3. The van der Waals surface area contributed by atoms with Gasteiger partial charge < -0.3 is 15.4 Å². The monoisotopic (exact) mass is 316 g/mol. The number of amides is 1. The molecule has 1 aromatic rings. The number of carbonyl (C=O) groups excluding carboxylic acids is 1. The Morgan fingerprint density at radius 3 is 3.04 bits per heavy atom. The molecule has 3 rings (SSSR count). The molecule has 2 aliphatic rings. The summed E-state index contributed by atoms with van der Waals surface area (Å²) in [6.07, 6.45) is 6.27. The maximum absolute atomic E-state index is 12.2. The van der Waals surface area contributed by atoms with Crippen molar-refractivity contribution in [2.75, 3.05) is 18.4 Å². The van der Waals surface area contributed by atoms with E-state index in [9.17, 15) is 4.79 Å². The van der Waals surface area contributed by atoms with Crippen LogP contribution in [0, 0.1) is 11.8 Å². The Kier molecular flexibility index (Phi) is 5.68. The number of carbonyl (C=O) groups is 1. The van der Waals surface area contributed by atoms with Crippen molar-refractivity contribution in [1.82, 2.24) is 5.32 Å². The van der Waals surface area contributed by atoms with Gasteiger partial charge in [0.05, 0.1) is 18.6 Å². The molecule has 0 spiro atoms. The topological polar surface area (TPSA) is 50.4 Å². The van der Waals surface area contributed by atoms with Crippen molar-refractivity contribution in [3.05, 3.63) is 29.8 Å². The zero-order valence-electron chi connectivity index (χ0n) is 14.0. The molecule has 1 aromatic carbocycles. The number of hydrogen-bond donors (Lipinski definition) is 2. The molecule has 2 fully saturated rings. The van der Waals surface area contributed by atoms with E-state index in [2.05, 4.69) is 23.6 Å². The van der Waals surface area contributed by atoms with E-state index in [1.54, 1.807) is 0 Å². The first-order valence-electron chi connectivity index (χ1n) is 8.93. The fourth-order valence-corrected chi connectivity index (χ4v) is 3.61. The van der Waals surface area contributed by atoms with Gasteiger partial charge in [-0.15, -0.1) is 0 Å². The van der Waals surface area contributed by atoms with Crippen LogP contribution in [-0.4, -0.2) is 25.1 Å². The molecule has 2 N–H and O–H groups in total. The fourth-order valence-electron chi connectivity index (χ4n) is 3.61. The molecule has 0 bridgehead atoms. The fraction of sp³-hybridized carbons (Fsp3) is 0.632. The highest BCUT2D eigenvalue weighted by molar-refractivity contribution is 5.92. The van der Waals surface area contributed by atoms with Crippen molar-refractivity contribution in [2.45, 2.75) is 51.7 Å². The molecular formula is C19H28N2O2. The van der Waals surface area contributed by atoms with Crippen LogP contribution < -0.4 is 10.6 Å². The largest absolute Gasteiger partial charge is 0.374 e. The Labute approximate surface area is 139 Å². The van der Waals surface area contributed by atoms with E-state index in [-0.39, 0.29) is 11.8 Å². The highest BCUT2D eigenvalue weighted by Gasteiger charge is 2.22. The second-order valence-corrected chi connectivity index (χ2v) is 7.08. The molecule has 126 valence electrons. The minimum Gasteiger partial charge on any atom is -0.374 e. The van der Waals surface area contributed by atoms with Gasteiger partial charge in [0.15, 0.2) is 0 Å². The highest BCUT2D eigenvalue weighted by Crippen LogP contribution is 2.26. The van der Waals surface area contributed by atoms with E-state index in [1.165, 1.54) is 25.7 Å². The van der Waals surface area contributed by atoms with E-state index < -0.39 is 0 Å². The Hall–Kier alpha value is -1.39. The second kappa shape index (κ2) is 7.93. The molecule has 1 aliphatic carbocycles. The molecule has 0 aromatic heterocycles. The van der Waals surface area contributed by atoms with Gasteiger partial charge in [-0.05, 0) is 49.4 Å². The zero-order chi connectivity index (χ0) is 16.1. The molecule has 1 aliphatic heterocycles. The molecule has 1 saturated carbocycles. The van der Waals surface area contributed by atoms with Crippen molar-refractivity contribution in [2.24, 2.45) is 11.8 Å². The number of benzene rings is 1. The lowest BCUT2D eigenvalue weighted by Crippen LogP contribution is -2.24. The second-order valence-electron chi connectivity index (χ2n) is 7.08. The van der Waals surface area contributed by atoms with Gasteiger partial charge in [0, 0.05) is 12.2 Å². The van der Waals surface area contributed by atoms with E-state index in [0.717, 1.165) is 36.7 Å². The van der Waals surface area contributed by atoms with Crippen molar-refractivity contribution in [3.63, 3.8) is 0 Å². The van der Waals surface area contributed by atoms with E-state index in [1.807, 2.05) is 18.2 Å². The first-order valence-corrected chi connectivity index (χ1v) is 8.93. The third-order valence-electron chi connectivity index (χ3n) is 5.00. The minimum absolute atomic E-state index is 0.0960. The lowest BCUT2D eigenvalue weighted by Gasteiger charge is -2.26. The van der Waals surface area contributed by atoms with Crippen molar-refractivity contribution < 1.29 is 9.53 Å². The van der Waals surface area contributed by atoms with Gasteiger partial charge in [-0.2, -0.15) is 0 Å². The Morgan fingerprint density at radius 2 is 2.26 bits per heavy atom. The van der Waals surface area contributed by atoms with Gasteiger partial charge in [-0.3, -0.25) is 4.79 Å². The Morgan fingerprint density at radius 1 is 1.35 bits per heavy atom. The normalized spacial score (nSPS) is 27.8. The van der Waals surface area contributed by atoms with Gasteiger partial charge in [0.1, 0.15) is 0 Å². The molecule has 4 nitrogen and oxygen atoms in total. The van der Waals surface area contributed by atoms with Crippen LogP contribution in [0.15, 0.2) is 24.3 Å². The molecule has 1 saturated heterocycles. The van der Waals surface area contributed by atoms with Crippen LogP contribution in [0.3, 0.4) is 0 Å². The molecule has 23 heavy (non-hydrogen) atoms. The van der Waals surface area contributed by atoms with Crippen LogP contribution in [0.25, 0.3) is 0 Å². The first-order chi connectivity index (χ1) is 11.2. The van der Waals surface area contributed by atoms with Gasteiger partial charge in [-0.25, -0.2) is 0 Å². The molecular weight excluding hydrogens is 288 g/mol. The van der Waals surface area contributed by atoms with Crippen LogP contribution in [0.2, 0.25) is 0 Å². The van der Waals surface area contributed by atoms with Gasteiger partial charge in [0.2, 0.25) is 5.91 Å². The minimum atomic E-state index is 0.0960. The average molecular weight is 316 g/mol. The highest BCUT2D eigenvalue weighted by atomic mass is 16.5. The van der Waals surface area contributed by atoms with Crippen molar-refractivity contribution in [1.29, 1.82) is 0 Å². The van der Waals surface area contributed by atoms with Gasteiger partial charge >= 0.3 is 0 Å². The summed E-state index contributed by atoms with van der Waals surface area (Å²) in [4.78, 5) is 12.2. The lowest BCUT2D eigenvalue weighted by molar-refractivity contribution is -0.119. The third kappa shape index (κ3) is 4.79. The maximum Gasteiger partial charge on any atom is 0.228 e. The average Bonchev–Trinajstić information content (AvgIpc) is 3.08. The summed E-state index contributed by atoms with van der Waals surface area (Å²) >= 11 is 0. The molecule has 3 atom stereocenters. The quantitative estimate of drug-likeness (QED) is 0.876. The van der Waals surface area contributed by atoms with Crippen LogP contribution in [0.4, 0.5) is 5.69 Å². The van der Waals surface area contributed by atoms with Crippen LogP contribution >= 0.6 is 0 Å². The Bertz CT molecular complexity index is 526. The number of nitrogens with one attached hydrogen (secondary N) is 2.